The number of nitrogens with zero attached hydrogens (tertiary/aromatic N) is 4. The van der Waals surface area contributed by atoms with E-state index < -0.39 is 17.2 Å². The van der Waals surface area contributed by atoms with Gasteiger partial charge < -0.3 is 28.4 Å². The third-order valence-corrected chi connectivity index (χ3v) is 6.52. The fourth-order valence-electron chi connectivity index (χ4n) is 4.24. The van der Waals surface area contributed by atoms with Gasteiger partial charge in [-0.05, 0) is 32.4 Å². The van der Waals surface area contributed by atoms with Crippen LogP contribution in [0.2, 0.25) is 0 Å². The summed E-state index contributed by atoms with van der Waals surface area (Å²) >= 11 is 0. The molecule has 0 bridgehead atoms. The molecule has 0 atom stereocenters. The number of carbonyl (C=O) groups excluding carboxylic acids is 1. The minimum Gasteiger partial charge on any atom is -0.493 e. The summed E-state index contributed by atoms with van der Waals surface area (Å²) in [6.45, 7) is 6.80. The van der Waals surface area contributed by atoms with Crippen LogP contribution in [0.1, 0.15) is 36.5 Å². The van der Waals surface area contributed by atoms with E-state index in [1.54, 1.807) is 18.7 Å². The Bertz CT molecular complexity index is 1360. The van der Waals surface area contributed by atoms with Crippen LogP contribution in [0.3, 0.4) is 0 Å². The largest absolute Gasteiger partial charge is 0.493 e. The van der Waals surface area contributed by atoms with Gasteiger partial charge in [0.2, 0.25) is 5.75 Å². The molecular formula is C25H36N5O7+. The third kappa shape index (κ3) is 5.48. The normalized spacial score (nSPS) is 11.2. The van der Waals surface area contributed by atoms with Crippen molar-refractivity contribution in [3.05, 3.63) is 44.4 Å². The Balaban J connectivity index is 1.77. The zero-order valence-corrected chi connectivity index (χ0v) is 22.5. The van der Waals surface area contributed by atoms with Crippen LogP contribution < -0.4 is 30.4 Å². The van der Waals surface area contributed by atoms with E-state index in [9.17, 15) is 14.4 Å². The standard InChI is InChI=1S/C25H35N5O7/c1-8-29(9-2)15-19-26-22-20(27(19)3)23(31)30(25(33)28(22)4)11-10-12-37-24(32)16-13-17(34-5)21(36-7)18(14-16)35-6/h13-14H,8-12,15H2,1-7H3/p+1. The van der Waals surface area contributed by atoms with Crippen LogP contribution in [0, 0.1) is 0 Å². The van der Waals surface area contributed by atoms with Crippen molar-refractivity contribution in [1.82, 2.24) is 18.7 Å². The minimum atomic E-state index is -0.592. The van der Waals surface area contributed by atoms with Crippen molar-refractivity contribution in [3.8, 4) is 17.2 Å². The summed E-state index contributed by atoms with van der Waals surface area (Å²) in [4.78, 5) is 44.7. The summed E-state index contributed by atoms with van der Waals surface area (Å²) in [5.41, 5.74) is 0.0853. The van der Waals surface area contributed by atoms with Crippen molar-refractivity contribution in [3.63, 3.8) is 0 Å². The van der Waals surface area contributed by atoms with E-state index >= 15 is 0 Å². The molecule has 0 aliphatic heterocycles. The molecule has 202 valence electrons. The molecule has 2 aromatic heterocycles. The van der Waals surface area contributed by atoms with E-state index in [4.69, 9.17) is 18.9 Å². The molecule has 3 aromatic rings. The number of hydrogen-bond donors (Lipinski definition) is 1. The lowest BCUT2D eigenvalue weighted by atomic mass is 10.2. The van der Waals surface area contributed by atoms with Crippen LogP contribution >= 0.6 is 0 Å². The first-order valence-electron chi connectivity index (χ1n) is 12.2. The summed E-state index contributed by atoms with van der Waals surface area (Å²) in [5, 5.41) is 0. The van der Waals surface area contributed by atoms with Gasteiger partial charge in [0.15, 0.2) is 28.5 Å². The molecule has 0 unspecified atom stereocenters. The van der Waals surface area contributed by atoms with Crippen molar-refractivity contribution in [1.29, 1.82) is 0 Å². The molecule has 1 aromatic carbocycles. The van der Waals surface area contributed by atoms with Gasteiger partial charge in [-0.25, -0.2) is 14.6 Å². The van der Waals surface area contributed by atoms with Gasteiger partial charge >= 0.3 is 11.7 Å². The molecule has 12 nitrogen and oxygen atoms in total. The Morgan fingerprint density at radius 2 is 1.59 bits per heavy atom. The van der Waals surface area contributed by atoms with Gasteiger partial charge in [-0.1, -0.05) is 0 Å². The Morgan fingerprint density at radius 3 is 2.14 bits per heavy atom. The van der Waals surface area contributed by atoms with Crippen molar-refractivity contribution in [2.45, 2.75) is 33.4 Å². The Hall–Kier alpha value is -3.80. The molecule has 0 saturated carbocycles. The second-order valence-corrected chi connectivity index (χ2v) is 8.60. The highest BCUT2D eigenvalue weighted by Crippen LogP contribution is 2.38. The fraction of sp³-hybridized carbons (Fsp3) is 0.520. The van der Waals surface area contributed by atoms with E-state index in [0.29, 0.717) is 35.0 Å². The van der Waals surface area contributed by atoms with E-state index in [1.165, 1.54) is 42.9 Å². The van der Waals surface area contributed by atoms with E-state index in [-0.39, 0.29) is 25.1 Å². The molecule has 12 heteroatoms. The smallest absolute Gasteiger partial charge is 0.338 e. The third-order valence-electron chi connectivity index (χ3n) is 6.52. The maximum Gasteiger partial charge on any atom is 0.338 e. The number of rotatable bonds is 12. The number of esters is 1. The molecule has 0 amide bonds. The number of methoxy groups -OCH3 is 3. The summed E-state index contributed by atoms with van der Waals surface area (Å²) in [6, 6.07) is 3.00. The molecule has 0 saturated heterocycles. The summed E-state index contributed by atoms with van der Waals surface area (Å²) in [6.07, 6.45) is 0.269. The molecule has 0 fully saturated rings. The first-order chi connectivity index (χ1) is 17.7. The number of benzene rings is 1. The lowest BCUT2D eigenvalue weighted by Crippen LogP contribution is -3.10. The number of carbonyl (C=O) groups is 1. The monoisotopic (exact) mass is 518 g/mol. The minimum absolute atomic E-state index is 0.00504. The van der Waals surface area contributed by atoms with Gasteiger partial charge in [-0.2, -0.15) is 0 Å². The van der Waals surface area contributed by atoms with E-state index in [0.717, 1.165) is 23.5 Å². The molecule has 3 rings (SSSR count). The number of fused-ring (bicyclic) bond motifs is 1. The van der Waals surface area contributed by atoms with Gasteiger partial charge in [0.1, 0.15) is 6.54 Å². The number of imidazole rings is 1. The summed E-state index contributed by atoms with van der Waals surface area (Å²) in [7, 11) is 7.78. The predicted molar refractivity (Wildman–Crippen MR) is 137 cm³/mol. The quantitative estimate of drug-likeness (QED) is 0.265. The SMILES string of the molecule is CC[NH+](CC)Cc1nc2c(c(=O)n(CCCOC(=O)c3cc(OC)c(OC)c(OC)c3)c(=O)n2C)n1C. The summed E-state index contributed by atoms with van der Waals surface area (Å²) in [5.74, 6) is 1.18. The molecule has 2 heterocycles. The van der Waals surface area contributed by atoms with Crippen LogP contribution in [0.25, 0.3) is 11.2 Å². The zero-order valence-electron chi connectivity index (χ0n) is 22.5. The van der Waals surface area contributed by atoms with E-state index in [1.807, 2.05) is 0 Å². The van der Waals surface area contributed by atoms with Crippen LogP contribution in [-0.2, 0) is 31.9 Å². The number of aryl methyl sites for hydroxylation is 2. The molecule has 0 spiro atoms. The highest BCUT2D eigenvalue weighted by molar-refractivity contribution is 5.91. The van der Waals surface area contributed by atoms with Gasteiger partial charge in [0.25, 0.3) is 5.56 Å². The van der Waals surface area contributed by atoms with Crippen LogP contribution in [0.5, 0.6) is 17.2 Å². The average molecular weight is 519 g/mol. The molecular weight excluding hydrogens is 482 g/mol. The number of aromatic nitrogens is 4. The Morgan fingerprint density at radius 1 is 0.973 bits per heavy atom. The molecule has 0 radical (unpaired) electrons. The first-order valence-corrected chi connectivity index (χ1v) is 12.2. The van der Waals surface area contributed by atoms with Crippen molar-refractivity contribution in [2.24, 2.45) is 14.1 Å². The number of nitrogens with one attached hydrogen (secondary N) is 1. The maximum absolute atomic E-state index is 13.2. The van der Waals surface area contributed by atoms with Crippen LogP contribution in [0.4, 0.5) is 0 Å². The lowest BCUT2D eigenvalue weighted by molar-refractivity contribution is -0.911. The highest BCUT2D eigenvalue weighted by Gasteiger charge is 2.21. The predicted octanol–water partition coefficient (Wildman–Crippen LogP) is 0.131. The van der Waals surface area contributed by atoms with E-state index in [2.05, 4.69) is 18.8 Å². The topological polar surface area (TPSA) is 120 Å². The van der Waals surface area contributed by atoms with Crippen LogP contribution in [-0.4, -0.2) is 65.7 Å². The van der Waals surface area contributed by atoms with Crippen LogP contribution in [0.15, 0.2) is 21.7 Å². The zero-order chi connectivity index (χ0) is 27.3. The highest BCUT2D eigenvalue weighted by atomic mass is 16.5. The van der Waals surface area contributed by atoms with Gasteiger partial charge in [-0.15, -0.1) is 0 Å². The number of hydrogen-bond acceptors (Lipinski definition) is 8. The lowest BCUT2D eigenvalue weighted by Gasteiger charge is -2.14. The maximum atomic E-state index is 13.2. The molecule has 0 aliphatic rings. The number of quaternary nitrogens is 1. The van der Waals surface area contributed by atoms with Crippen molar-refractivity contribution >= 4 is 17.1 Å². The summed E-state index contributed by atoms with van der Waals surface area (Å²) < 4.78 is 25.5. The van der Waals surface area contributed by atoms with Gasteiger partial charge in [0.05, 0.1) is 46.6 Å². The Labute approximate surface area is 214 Å². The number of ether oxygens (including phenoxy) is 4. The molecule has 37 heavy (non-hydrogen) atoms. The van der Waals surface area contributed by atoms with Crippen molar-refractivity contribution in [2.75, 3.05) is 41.0 Å². The van der Waals surface area contributed by atoms with Gasteiger partial charge in [-0.3, -0.25) is 13.9 Å². The second kappa shape index (κ2) is 12.0. The first kappa shape index (κ1) is 27.8. The second-order valence-electron chi connectivity index (χ2n) is 8.60. The molecule has 1 N–H and O–H groups in total. The van der Waals surface area contributed by atoms with Gasteiger partial charge in [0, 0.05) is 20.6 Å². The average Bonchev–Trinajstić information content (AvgIpc) is 3.24. The van der Waals surface area contributed by atoms with Crippen molar-refractivity contribution < 1.29 is 28.6 Å². The fourth-order valence-corrected chi connectivity index (χ4v) is 4.24. The Kier molecular flexibility index (Phi) is 8.98. The molecule has 0 aliphatic carbocycles.